The maximum atomic E-state index is 12.2. The summed E-state index contributed by atoms with van der Waals surface area (Å²) in [5.74, 6) is 0.445. The third kappa shape index (κ3) is 2.96. The Hall–Kier alpha value is -2.36. The van der Waals surface area contributed by atoms with E-state index in [0.717, 1.165) is 35.6 Å². The van der Waals surface area contributed by atoms with E-state index in [-0.39, 0.29) is 5.91 Å². The van der Waals surface area contributed by atoms with E-state index in [9.17, 15) is 4.79 Å². The van der Waals surface area contributed by atoms with Crippen LogP contribution in [0, 0.1) is 19.8 Å². The highest BCUT2D eigenvalue weighted by molar-refractivity contribution is 5.92. The topological polar surface area (TPSA) is 46.9 Å². The largest absolute Gasteiger partial charge is 0.323 e. The third-order valence-corrected chi connectivity index (χ3v) is 4.12. The van der Waals surface area contributed by atoms with Gasteiger partial charge in [-0.3, -0.25) is 4.79 Å². The quantitative estimate of drug-likeness (QED) is 0.872. The lowest BCUT2D eigenvalue weighted by Crippen LogP contribution is -2.15. The van der Waals surface area contributed by atoms with Gasteiger partial charge >= 0.3 is 0 Å². The summed E-state index contributed by atoms with van der Waals surface area (Å²) in [6.07, 6.45) is 7.01. The molecule has 3 rings (SSSR count). The number of nitrogens with one attached hydrogen (secondary N) is 1. The lowest BCUT2D eigenvalue weighted by molar-refractivity contribution is -0.116. The Morgan fingerprint density at radius 3 is 2.77 bits per heavy atom. The molecule has 0 fully saturated rings. The Morgan fingerprint density at radius 2 is 2.09 bits per heavy atom. The standard InChI is InChI=1S/C18H21N3O/c1-13-18(19-17(22)12-15-8-6-7-9-15)14(2)21(20-13)16-10-4-3-5-11-16/h3-6,8,10-11,15H,7,9,12H2,1-2H3,(H,19,22). The fraction of sp³-hybridized carbons (Fsp3) is 0.333. The van der Waals surface area contributed by atoms with E-state index in [1.54, 1.807) is 0 Å². The van der Waals surface area contributed by atoms with Crippen molar-refractivity contribution in [2.45, 2.75) is 33.1 Å². The molecule has 0 bridgehead atoms. The Morgan fingerprint density at radius 1 is 1.32 bits per heavy atom. The molecule has 4 nitrogen and oxygen atoms in total. The van der Waals surface area contributed by atoms with Crippen molar-refractivity contribution in [1.29, 1.82) is 0 Å². The van der Waals surface area contributed by atoms with Crippen LogP contribution in [0.4, 0.5) is 5.69 Å². The van der Waals surface area contributed by atoms with Gasteiger partial charge in [-0.1, -0.05) is 30.4 Å². The highest BCUT2D eigenvalue weighted by Gasteiger charge is 2.18. The predicted octanol–water partition coefficient (Wildman–Crippen LogP) is 3.78. The van der Waals surface area contributed by atoms with E-state index in [1.165, 1.54) is 0 Å². The van der Waals surface area contributed by atoms with Crippen molar-refractivity contribution in [2.75, 3.05) is 5.32 Å². The summed E-state index contributed by atoms with van der Waals surface area (Å²) in [5, 5.41) is 7.59. The van der Waals surface area contributed by atoms with Gasteiger partial charge < -0.3 is 5.32 Å². The number of para-hydroxylation sites is 1. The lowest BCUT2D eigenvalue weighted by Gasteiger charge is -2.09. The maximum absolute atomic E-state index is 12.2. The normalized spacial score (nSPS) is 16.9. The minimum absolute atomic E-state index is 0.0651. The molecule has 0 radical (unpaired) electrons. The second-order valence-electron chi connectivity index (χ2n) is 5.81. The van der Waals surface area contributed by atoms with E-state index in [2.05, 4.69) is 22.6 Å². The molecule has 1 atom stereocenters. The smallest absolute Gasteiger partial charge is 0.225 e. The Kier molecular flexibility index (Phi) is 4.09. The number of hydrogen-bond acceptors (Lipinski definition) is 2. The zero-order valence-electron chi connectivity index (χ0n) is 13.0. The van der Waals surface area contributed by atoms with Crippen molar-refractivity contribution in [3.8, 4) is 5.69 Å². The first-order valence-corrected chi connectivity index (χ1v) is 7.73. The first-order chi connectivity index (χ1) is 10.6. The van der Waals surface area contributed by atoms with Crippen LogP contribution >= 0.6 is 0 Å². The lowest BCUT2D eigenvalue weighted by atomic mass is 10.0. The van der Waals surface area contributed by atoms with Crippen LogP contribution in [0.2, 0.25) is 0 Å². The number of rotatable bonds is 4. The summed E-state index contributed by atoms with van der Waals surface area (Å²) in [5.41, 5.74) is 3.63. The SMILES string of the molecule is Cc1nn(-c2ccccc2)c(C)c1NC(=O)CC1C=CCC1. The van der Waals surface area contributed by atoms with Crippen LogP contribution in [0.1, 0.15) is 30.7 Å². The maximum Gasteiger partial charge on any atom is 0.225 e. The molecule has 1 heterocycles. The van der Waals surface area contributed by atoms with Crippen molar-refractivity contribution >= 4 is 11.6 Å². The number of hydrogen-bond donors (Lipinski definition) is 1. The summed E-state index contributed by atoms with van der Waals surface area (Å²) in [7, 11) is 0. The summed E-state index contributed by atoms with van der Waals surface area (Å²) in [6.45, 7) is 3.91. The number of benzene rings is 1. The second kappa shape index (κ2) is 6.18. The molecule has 0 spiro atoms. The monoisotopic (exact) mass is 295 g/mol. The van der Waals surface area contributed by atoms with Crippen molar-refractivity contribution in [3.63, 3.8) is 0 Å². The van der Waals surface area contributed by atoms with Gasteiger partial charge in [0.05, 0.1) is 22.8 Å². The van der Waals surface area contributed by atoms with Gasteiger partial charge in [0.25, 0.3) is 0 Å². The summed E-state index contributed by atoms with van der Waals surface area (Å²) in [6, 6.07) is 9.96. The first-order valence-electron chi connectivity index (χ1n) is 7.73. The van der Waals surface area contributed by atoms with Crippen LogP contribution in [0.15, 0.2) is 42.5 Å². The number of carbonyl (C=O) groups is 1. The fourth-order valence-corrected chi connectivity index (χ4v) is 2.94. The predicted molar refractivity (Wildman–Crippen MR) is 88.1 cm³/mol. The summed E-state index contributed by atoms with van der Waals surface area (Å²) >= 11 is 0. The number of carbonyl (C=O) groups excluding carboxylic acids is 1. The molecule has 22 heavy (non-hydrogen) atoms. The van der Waals surface area contributed by atoms with E-state index in [4.69, 9.17) is 0 Å². The molecule has 1 N–H and O–H groups in total. The number of anilines is 1. The van der Waals surface area contributed by atoms with Gasteiger partial charge in [-0.15, -0.1) is 0 Å². The Labute approximate surface area is 130 Å². The Bertz CT molecular complexity index is 701. The van der Waals surface area contributed by atoms with Gasteiger partial charge in [0.2, 0.25) is 5.91 Å². The van der Waals surface area contributed by atoms with Gasteiger partial charge in [0, 0.05) is 6.42 Å². The first kappa shape index (κ1) is 14.6. The molecule has 1 unspecified atom stereocenters. The molecule has 2 aromatic rings. The average Bonchev–Trinajstić information content (AvgIpc) is 3.11. The molecule has 1 aliphatic carbocycles. The minimum atomic E-state index is 0.0651. The van der Waals surface area contributed by atoms with Gasteiger partial charge in [0.15, 0.2) is 0 Å². The number of allylic oxidation sites excluding steroid dienone is 2. The molecule has 114 valence electrons. The highest BCUT2D eigenvalue weighted by atomic mass is 16.1. The van der Waals surface area contributed by atoms with Crippen LogP contribution in [-0.2, 0) is 4.79 Å². The van der Waals surface area contributed by atoms with Crippen LogP contribution in [-0.4, -0.2) is 15.7 Å². The molecular weight excluding hydrogens is 274 g/mol. The van der Waals surface area contributed by atoms with Crippen molar-refractivity contribution in [2.24, 2.45) is 5.92 Å². The average molecular weight is 295 g/mol. The van der Waals surface area contributed by atoms with Crippen molar-refractivity contribution < 1.29 is 4.79 Å². The van der Waals surface area contributed by atoms with Crippen LogP contribution < -0.4 is 5.32 Å². The molecular formula is C18H21N3O. The third-order valence-electron chi connectivity index (χ3n) is 4.12. The molecule has 1 aromatic heterocycles. The molecule has 4 heteroatoms. The molecule has 1 aliphatic rings. The summed E-state index contributed by atoms with van der Waals surface area (Å²) < 4.78 is 1.88. The van der Waals surface area contributed by atoms with Gasteiger partial charge in [0.1, 0.15) is 0 Å². The minimum Gasteiger partial charge on any atom is -0.323 e. The van der Waals surface area contributed by atoms with Crippen LogP contribution in [0.25, 0.3) is 5.69 Å². The molecule has 1 amide bonds. The van der Waals surface area contributed by atoms with Crippen molar-refractivity contribution in [1.82, 2.24) is 9.78 Å². The van der Waals surface area contributed by atoms with E-state index < -0.39 is 0 Å². The number of aromatic nitrogens is 2. The fourth-order valence-electron chi connectivity index (χ4n) is 2.94. The molecule has 0 saturated carbocycles. The Balaban J connectivity index is 1.78. The van der Waals surface area contributed by atoms with E-state index >= 15 is 0 Å². The number of nitrogens with zero attached hydrogens (tertiary/aromatic N) is 2. The van der Waals surface area contributed by atoms with Crippen LogP contribution in [0.3, 0.4) is 0 Å². The van der Waals surface area contributed by atoms with Crippen molar-refractivity contribution in [3.05, 3.63) is 53.9 Å². The zero-order valence-corrected chi connectivity index (χ0v) is 13.0. The molecule has 0 aliphatic heterocycles. The second-order valence-corrected chi connectivity index (χ2v) is 5.81. The summed E-state index contributed by atoms with van der Waals surface area (Å²) in [4.78, 5) is 12.2. The number of amides is 1. The number of aryl methyl sites for hydroxylation is 1. The van der Waals surface area contributed by atoms with Crippen LogP contribution in [0.5, 0.6) is 0 Å². The molecule has 1 aromatic carbocycles. The van der Waals surface area contributed by atoms with E-state index in [1.807, 2.05) is 48.9 Å². The van der Waals surface area contributed by atoms with E-state index in [0.29, 0.717) is 12.3 Å². The van der Waals surface area contributed by atoms with Gasteiger partial charge in [-0.25, -0.2) is 4.68 Å². The van der Waals surface area contributed by atoms with Gasteiger partial charge in [-0.2, -0.15) is 5.10 Å². The zero-order chi connectivity index (χ0) is 15.5. The highest BCUT2D eigenvalue weighted by Crippen LogP contribution is 2.25. The molecule has 0 saturated heterocycles. The van der Waals surface area contributed by atoms with Gasteiger partial charge in [-0.05, 0) is 44.7 Å².